The number of aryl methyl sites for hydroxylation is 2. The van der Waals surface area contributed by atoms with E-state index in [1.165, 1.54) is 0 Å². The van der Waals surface area contributed by atoms with Gasteiger partial charge in [0.2, 0.25) is 0 Å². The molecule has 0 aliphatic heterocycles. The first kappa shape index (κ1) is 18.7. The van der Waals surface area contributed by atoms with Crippen molar-refractivity contribution in [2.45, 2.75) is 13.8 Å². The Morgan fingerprint density at radius 3 is 2.42 bits per heavy atom. The Kier molecular flexibility index (Phi) is 5.52. The summed E-state index contributed by atoms with van der Waals surface area (Å²) in [6.07, 6.45) is 0. The number of carbonyl (C=O) groups is 1. The molecular weight excluding hydrogens is 389 g/mol. The highest BCUT2D eigenvalue weighted by molar-refractivity contribution is 7.55. The van der Waals surface area contributed by atoms with Gasteiger partial charge in [0.25, 0.3) is 0 Å². The third-order valence-corrected chi connectivity index (χ3v) is 6.90. The highest BCUT2D eigenvalue weighted by Gasteiger charge is 2.18. The number of hydrogen-bond acceptors (Lipinski definition) is 3. The van der Waals surface area contributed by atoms with Crippen LogP contribution in [0.3, 0.4) is 0 Å². The Morgan fingerprint density at radius 1 is 1.12 bits per heavy atom. The summed E-state index contributed by atoms with van der Waals surface area (Å²) in [5.41, 5.74) is 3.25. The first-order valence-electron chi connectivity index (χ1n) is 7.87. The molecule has 1 heterocycles. The van der Waals surface area contributed by atoms with Crippen molar-refractivity contribution in [1.29, 1.82) is 0 Å². The van der Waals surface area contributed by atoms with E-state index in [2.05, 4.69) is 5.09 Å². The molecule has 2 N–H and O–H groups in total. The summed E-state index contributed by atoms with van der Waals surface area (Å²) in [4.78, 5) is 12.5. The fourth-order valence-corrected chi connectivity index (χ4v) is 5.07. The molecular formula is C19H17ClNO3PS. The molecule has 3 aromatic rings. The predicted octanol–water partition coefficient (Wildman–Crippen LogP) is 5.60. The quantitative estimate of drug-likeness (QED) is 0.542. The van der Waals surface area contributed by atoms with E-state index in [0.717, 1.165) is 32.9 Å². The molecule has 7 heteroatoms. The van der Waals surface area contributed by atoms with Crippen LogP contribution in [0.15, 0.2) is 48.5 Å². The van der Waals surface area contributed by atoms with Gasteiger partial charge in [-0.15, -0.1) is 11.3 Å². The van der Waals surface area contributed by atoms with Crippen molar-refractivity contribution in [2.24, 2.45) is 0 Å². The molecule has 0 fully saturated rings. The zero-order valence-corrected chi connectivity index (χ0v) is 16.7. The van der Waals surface area contributed by atoms with Gasteiger partial charge in [0.15, 0.2) is 7.95 Å². The molecule has 134 valence electrons. The number of thiophene rings is 1. The largest absolute Gasteiger partial charge is 0.477 e. The van der Waals surface area contributed by atoms with Crippen molar-refractivity contribution < 1.29 is 14.5 Å². The number of carboxylic acid groups (broad SMARTS) is 1. The maximum Gasteiger partial charge on any atom is 0.348 e. The zero-order valence-electron chi connectivity index (χ0n) is 14.2. The Labute approximate surface area is 161 Å². The summed E-state index contributed by atoms with van der Waals surface area (Å²) in [5, 5.41) is 13.7. The SMILES string of the molecule is Cc1ccc([PH](=O)Nc2cc(-c3ccc(Cl)cc3)sc2C(=O)O)c(C)c1. The summed E-state index contributed by atoms with van der Waals surface area (Å²) in [6, 6.07) is 14.6. The standard InChI is InChI=1S/C19H17ClNO3PS/c1-11-3-8-16(12(2)9-11)25(24)21-15-10-17(26-18(15)19(22)23)13-4-6-14(20)7-5-13/h3-10,25H,1-2H3,(H,21,24)(H,22,23). The lowest BCUT2D eigenvalue weighted by atomic mass is 10.2. The van der Waals surface area contributed by atoms with Crippen LogP contribution >= 0.6 is 30.9 Å². The predicted molar refractivity (Wildman–Crippen MR) is 110 cm³/mol. The minimum Gasteiger partial charge on any atom is -0.477 e. The van der Waals surface area contributed by atoms with Crippen molar-refractivity contribution in [2.75, 3.05) is 5.09 Å². The molecule has 0 aliphatic carbocycles. The molecule has 4 nitrogen and oxygen atoms in total. The second kappa shape index (κ2) is 7.67. The van der Waals surface area contributed by atoms with Crippen LogP contribution in [0.25, 0.3) is 10.4 Å². The van der Waals surface area contributed by atoms with E-state index in [0.29, 0.717) is 16.0 Å². The van der Waals surface area contributed by atoms with Gasteiger partial charge in [-0.25, -0.2) is 4.79 Å². The topological polar surface area (TPSA) is 66.4 Å². The molecule has 1 aromatic heterocycles. The van der Waals surface area contributed by atoms with E-state index in [4.69, 9.17) is 11.6 Å². The number of hydrogen-bond donors (Lipinski definition) is 2. The number of benzene rings is 2. The maximum absolute atomic E-state index is 12.8. The molecule has 0 spiro atoms. The average molecular weight is 406 g/mol. The summed E-state index contributed by atoms with van der Waals surface area (Å²) in [5.74, 6) is -1.05. The minimum atomic E-state index is -2.37. The van der Waals surface area contributed by atoms with E-state index < -0.39 is 13.9 Å². The van der Waals surface area contributed by atoms with Crippen molar-refractivity contribution in [3.8, 4) is 10.4 Å². The molecule has 1 unspecified atom stereocenters. The van der Waals surface area contributed by atoms with Gasteiger partial charge < -0.3 is 10.2 Å². The fraction of sp³-hybridized carbons (Fsp3) is 0.105. The van der Waals surface area contributed by atoms with E-state index >= 15 is 0 Å². The van der Waals surface area contributed by atoms with Crippen LogP contribution < -0.4 is 10.4 Å². The van der Waals surface area contributed by atoms with Crippen molar-refractivity contribution >= 4 is 47.9 Å². The molecule has 3 rings (SSSR count). The third kappa shape index (κ3) is 4.01. The molecule has 0 radical (unpaired) electrons. The van der Waals surface area contributed by atoms with E-state index in [9.17, 15) is 14.5 Å². The van der Waals surface area contributed by atoms with Gasteiger partial charge in [-0.1, -0.05) is 41.4 Å². The van der Waals surface area contributed by atoms with Gasteiger partial charge >= 0.3 is 5.97 Å². The zero-order chi connectivity index (χ0) is 18.8. The Hall–Kier alpha value is -2.07. The summed E-state index contributed by atoms with van der Waals surface area (Å²) >= 11 is 7.05. The number of nitrogens with one attached hydrogen (secondary N) is 1. The van der Waals surface area contributed by atoms with Gasteiger partial charge in [0, 0.05) is 15.2 Å². The van der Waals surface area contributed by atoms with Gasteiger partial charge in [-0.05, 0) is 49.2 Å². The average Bonchev–Trinajstić information content (AvgIpc) is 2.99. The Morgan fingerprint density at radius 2 is 1.81 bits per heavy atom. The monoisotopic (exact) mass is 405 g/mol. The van der Waals surface area contributed by atoms with Crippen LogP contribution in [-0.4, -0.2) is 11.1 Å². The first-order valence-corrected chi connectivity index (χ1v) is 10.5. The van der Waals surface area contributed by atoms with Crippen molar-refractivity contribution in [1.82, 2.24) is 0 Å². The Bertz CT molecular complexity index is 999. The number of halogens is 1. The van der Waals surface area contributed by atoms with Crippen LogP contribution in [0.5, 0.6) is 0 Å². The fourth-order valence-electron chi connectivity index (χ4n) is 2.66. The lowest BCUT2D eigenvalue weighted by molar-refractivity contribution is 0.0703. The minimum absolute atomic E-state index is 0.137. The number of carboxylic acids is 1. The molecule has 0 amide bonds. The second-order valence-corrected chi connectivity index (χ2v) is 8.87. The molecule has 0 saturated heterocycles. The van der Waals surface area contributed by atoms with Gasteiger partial charge in [-0.2, -0.15) is 0 Å². The second-order valence-electron chi connectivity index (χ2n) is 5.94. The van der Waals surface area contributed by atoms with Crippen LogP contribution in [0, 0.1) is 13.8 Å². The van der Waals surface area contributed by atoms with E-state index in [1.807, 2.05) is 44.2 Å². The summed E-state index contributed by atoms with van der Waals surface area (Å²) in [6.45, 7) is 3.87. The van der Waals surface area contributed by atoms with Gasteiger partial charge in [0.05, 0.1) is 5.69 Å². The normalized spacial score (nSPS) is 12.0. The summed E-state index contributed by atoms with van der Waals surface area (Å²) < 4.78 is 12.8. The number of aromatic carboxylic acids is 1. The highest BCUT2D eigenvalue weighted by Crippen LogP contribution is 2.38. The van der Waals surface area contributed by atoms with Crippen LogP contribution in [0.2, 0.25) is 5.02 Å². The van der Waals surface area contributed by atoms with Gasteiger partial charge in [-0.3, -0.25) is 4.57 Å². The third-order valence-electron chi connectivity index (χ3n) is 3.93. The molecule has 0 saturated carbocycles. The Balaban J connectivity index is 1.95. The van der Waals surface area contributed by atoms with Crippen molar-refractivity contribution in [3.05, 3.63) is 69.6 Å². The summed E-state index contributed by atoms with van der Waals surface area (Å²) in [7, 11) is -2.37. The van der Waals surface area contributed by atoms with Gasteiger partial charge in [0.1, 0.15) is 4.88 Å². The molecule has 1 atom stereocenters. The van der Waals surface area contributed by atoms with Crippen molar-refractivity contribution in [3.63, 3.8) is 0 Å². The van der Waals surface area contributed by atoms with E-state index in [1.54, 1.807) is 18.2 Å². The van der Waals surface area contributed by atoms with Crippen LogP contribution in [0.1, 0.15) is 20.8 Å². The van der Waals surface area contributed by atoms with Crippen LogP contribution in [0.4, 0.5) is 5.69 Å². The molecule has 26 heavy (non-hydrogen) atoms. The first-order chi connectivity index (χ1) is 12.3. The number of rotatable bonds is 5. The maximum atomic E-state index is 12.8. The van der Waals surface area contributed by atoms with Crippen LogP contribution in [-0.2, 0) is 4.57 Å². The smallest absolute Gasteiger partial charge is 0.348 e. The number of anilines is 1. The molecule has 0 aliphatic rings. The van der Waals surface area contributed by atoms with E-state index in [-0.39, 0.29) is 4.88 Å². The lowest BCUT2D eigenvalue weighted by Crippen LogP contribution is -2.07. The highest BCUT2D eigenvalue weighted by atomic mass is 35.5. The molecule has 2 aromatic carbocycles. The molecule has 0 bridgehead atoms. The lowest BCUT2D eigenvalue weighted by Gasteiger charge is -2.09.